The highest BCUT2D eigenvalue weighted by molar-refractivity contribution is 5.23. The fraction of sp³-hybridized carbons (Fsp3) is 0.500. The molecule has 0 heterocycles. The highest BCUT2D eigenvalue weighted by Gasteiger charge is 1.85. The largest absolute Gasteiger partial charge is 0.508 e. The zero-order chi connectivity index (χ0) is 11.3. The Morgan fingerprint density at radius 3 is 1.54 bits per heavy atom. The number of hydrogen-bond acceptors (Lipinski definition) is 1. The molecule has 0 saturated heterocycles. The lowest BCUT2D eigenvalue weighted by Crippen LogP contribution is -1.76. The maximum Gasteiger partial charge on any atom is 0.117 e. The topological polar surface area (TPSA) is 20.2 Å². The first-order valence-electron chi connectivity index (χ1n) is 4.78. The van der Waals surface area contributed by atoms with Crippen molar-refractivity contribution in [3.63, 3.8) is 0 Å². The average Bonchev–Trinajstić information content (AvgIpc) is 2.19. The van der Waals surface area contributed by atoms with Gasteiger partial charge in [0, 0.05) is 0 Å². The second kappa shape index (κ2) is 17.2. The van der Waals surface area contributed by atoms with Crippen LogP contribution in [-0.4, -0.2) is 5.11 Å². The molecule has 0 saturated carbocycles. The molecular formula is C12H24O. The van der Waals surface area contributed by atoms with Crippen molar-refractivity contribution in [3.05, 3.63) is 36.6 Å². The lowest BCUT2D eigenvalue weighted by Gasteiger charge is -1.91. The molecule has 78 valence electrons. The third-order valence-electron chi connectivity index (χ3n) is 0.904. The summed E-state index contributed by atoms with van der Waals surface area (Å²) in [5, 5.41) is 8.82. The van der Waals surface area contributed by atoms with Crippen molar-refractivity contribution in [2.45, 2.75) is 41.0 Å². The molecule has 0 spiro atoms. The van der Waals surface area contributed by atoms with E-state index in [0.29, 0.717) is 0 Å². The van der Waals surface area contributed by atoms with Crippen LogP contribution >= 0.6 is 0 Å². The van der Waals surface area contributed by atoms with Crippen molar-refractivity contribution in [1.29, 1.82) is 0 Å². The van der Waals surface area contributed by atoms with Crippen LogP contribution in [0.5, 0.6) is 0 Å². The van der Waals surface area contributed by atoms with Gasteiger partial charge in [0.25, 0.3) is 0 Å². The predicted octanol–water partition coefficient (Wildman–Crippen LogP) is 4.63. The minimum atomic E-state index is 0.194. The first kappa shape index (κ1) is 17.9. The normalized spacial score (nSPS) is 9.31. The molecule has 1 nitrogen and oxygen atoms in total. The summed E-state index contributed by atoms with van der Waals surface area (Å²) in [4.78, 5) is 0. The molecule has 13 heavy (non-hydrogen) atoms. The van der Waals surface area contributed by atoms with Crippen LogP contribution in [0.1, 0.15) is 41.0 Å². The second-order valence-electron chi connectivity index (χ2n) is 2.18. The van der Waals surface area contributed by atoms with Crippen molar-refractivity contribution in [1.82, 2.24) is 0 Å². The van der Waals surface area contributed by atoms with Gasteiger partial charge < -0.3 is 5.11 Å². The highest BCUT2D eigenvalue weighted by atomic mass is 16.3. The number of aliphatic hydroxyl groups is 1. The minimum absolute atomic E-state index is 0.194. The van der Waals surface area contributed by atoms with E-state index in [2.05, 4.69) is 27.0 Å². The van der Waals surface area contributed by atoms with Gasteiger partial charge in [0.15, 0.2) is 0 Å². The molecular weight excluding hydrogens is 160 g/mol. The van der Waals surface area contributed by atoms with Gasteiger partial charge in [0.2, 0.25) is 0 Å². The van der Waals surface area contributed by atoms with E-state index in [1.165, 1.54) is 12.5 Å². The molecule has 0 bridgehead atoms. The molecule has 0 atom stereocenters. The predicted molar refractivity (Wildman–Crippen MR) is 63.0 cm³/mol. The molecule has 0 aliphatic carbocycles. The summed E-state index contributed by atoms with van der Waals surface area (Å²) in [5.74, 6) is 0.194. The van der Waals surface area contributed by atoms with Crippen LogP contribution in [0.4, 0.5) is 0 Å². The van der Waals surface area contributed by atoms with E-state index in [1.54, 1.807) is 13.0 Å². The van der Waals surface area contributed by atoms with Gasteiger partial charge in [0.1, 0.15) is 5.76 Å². The first-order chi connectivity index (χ1) is 6.13. The maximum absolute atomic E-state index is 8.82. The smallest absolute Gasteiger partial charge is 0.117 e. The average molecular weight is 184 g/mol. The van der Waals surface area contributed by atoms with Crippen LogP contribution in [0.15, 0.2) is 36.6 Å². The van der Waals surface area contributed by atoms with Gasteiger partial charge in [-0.05, 0) is 18.6 Å². The van der Waals surface area contributed by atoms with Crippen LogP contribution in [0.2, 0.25) is 0 Å². The summed E-state index contributed by atoms with van der Waals surface area (Å²) in [5.41, 5.74) is 0.750. The Kier molecular flexibility index (Phi) is 23.7. The molecule has 0 amide bonds. The van der Waals surface area contributed by atoms with Crippen LogP contribution in [0.3, 0.4) is 0 Å². The Balaban J connectivity index is -0.000000169. The van der Waals surface area contributed by atoms with E-state index in [0.717, 1.165) is 5.57 Å². The molecule has 0 fully saturated rings. The SMILES string of the molecule is C=C/C(C)=C(/O)C=C.CC.CCC. The lowest BCUT2D eigenvalue weighted by molar-refractivity contribution is 0.428. The molecule has 0 rings (SSSR count). The zero-order valence-corrected chi connectivity index (χ0v) is 9.72. The fourth-order valence-corrected chi connectivity index (χ4v) is 0.266. The number of rotatable bonds is 2. The molecule has 0 aliphatic heterocycles. The Labute approximate surface area is 83.5 Å². The van der Waals surface area contributed by atoms with E-state index >= 15 is 0 Å². The van der Waals surface area contributed by atoms with Crippen LogP contribution < -0.4 is 0 Å². The van der Waals surface area contributed by atoms with Crippen molar-refractivity contribution < 1.29 is 5.11 Å². The standard InChI is InChI=1S/C7H10O.C3H8.C2H6/c1-4-6(3)7(8)5-2;1-3-2;1-2/h4-5,8H,1-2H2,3H3;3H2,1-2H3;1-2H3/b7-6+;;. The van der Waals surface area contributed by atoms with Crippen LogP contribution in [0.25, 0.3) is 0 Å². The highest BCUT2D eigenvalue weighted by Crippen LogP contribution is 2.00. The first-order valence-corrected chi connectivity index (χ1v) is 4.78. The van der Waals surface area contributed by atoms with Crippen molar-refractivity contribution >= 4 is 0 Å². The molecule has 0 aromatic carbocycles. The summed E-state index contributed by atoms with van der Waals surface area (Å²) in [6, 6.07) is 0. The lowest BCUT2D eigenvalue weighted by atomic mass is 10.2. The Morgan fingerprint density at radius 1 is 1.15 bits per heavy atom. The number of allylic oxidation sites excluding steroid dienone is 3. The quantitative estimate of drug-likeness (QED) is 0.490. The third-order valence-corrected chi connectivity index (χ3v) is 0.904. The Bertz CT molecular complexity index is 127. The summed E-state index contributed by atoms with van der Waals surface area (Å²) < 4.78 is 0. The fourth-order valence-electron chi connectivity index (χ4n) is 0.266. The van der Waals surface area contributed by atoms with Gasteiger partial charge in [0.05, 0.1) is 0 Å². The van der Waals surface area contributed by atoms with Crippen molar-refractivity contribution in [2.24, 2.45) is 0 Å². The van der Waals surface area contributed by atoms with Gasteiger partial charge in [-0.15, -0.1) is 0 Å². The van der Waals surface area contributed by atoms with E-state index < -0.39 is 0 Å². The Morgan fingerprint density at radius 2 is 1.46 bits per heavy atom. The summed E-state index contributed by atoms with van der Waals surface area (Å²) in [6.45, 7) is 16.9. The molecule has 0 radical (unpaired) electrons. The molecule has 1 heteroatoms. The van der Waals surface area contributed by atoms with Crippen LogP contribution in [0, 0.1) is 0 Å². The Hall–Kier alpha value is -0.980. The van der Waals surface area contributed by atoms with Gasteiger partial charge >= 0.3 is 0 Å². The number of hydrogen-bond donors (Lipinski definition) is 1. The summed E-state index contributed by atoms with van der Waals surface area (Å²) >= 11 is 0. The molecule has 0 aliphatic rings. The summed E-state index contributed by atoms with van der Waals surface area (Å²) in [7, 11) is 0. The van der Waals surface area contributed by atoms with E-state index in [-0.39, 0.29) is 5.76 Å². The van der Waals surface area contributed by atoms with Gasteiger partial charge in [-0.2, -0.15) is 0 Å². The van der Waals surface area contributed by atoms with Crippen molar-refractivity contribution in [3.8, 4) is 0 Å². The van der Waals surface area contributed by atoms with E-state index in [4.69, 9.17) is 5.11 Å². The van der Waals surface area contributed by atoms with Gasteiger partial charge in [-0.25, -0.2) is 0 Å². The summed E-state index contributed by atoms with van der Waals surface area (Å²) in [6.07, 6.45) is 4.22. The molecule has 0 aromatic rings. The van der Waals surface area contributed by atoms with E-state index in [9.17, 15) is 0 Å². The monoisotopic (exact) mass is 184 g/mol. The second-order valence-corrected chi connectivity index (χ2v) is 2.18. The minimum Gasteiger partial charge on any atom is -0.508 e. The van der Waals surface area contributed by atoms with Gasteiger partial charge in [-0.3, -0.25) is 0 Å². The van der Waals surface area contributed by atoms with Gasteiger partial charge in [-0.1, -0.05) is 53.3 Å². The zero-order valence-electron chi connectivity index (χ0n) is 9.72. The maximum atomic E-state index is 8.82. The number of aliphatic hydroxyl groups excluding tert-OH is 1. The molecule has 0 aromatic heterocycles. The van der Waals surface area contributed by atoms with Crippen LogP contribution in [-0.2, 0) is 0 Å². The third kappa shape index (κ3) is 18.2. The van der Waals surface area contributed by atoms with Crippen molar-refractivity contribution in [2.75, 3.05) is 0 Å². The molecule has 1 N–H and O–H groups in total. The molecule has 0 unspecified atom stereocenters. The van der Waals surface area contributed by atoms with E-state index in [1.807, 2.05) is 13.8 Å².